The molecule has 0 saturated carbocycles. The molecular weight excluding hydrogens is 324 g/mol. The fourth-order valence-electron chi connectivity index (χ4n) is 2.33. The summed E-state index contributed by atoms with van der Waals surface area (Å²) in [5.41, 5.74) is 2.47. The van der Waals surface area contributed by atoms with Gasteiger partial charge in [-0.25, -0.2) is 4.99 Å². The second kappa shape index (κ2) is 6.88. The molecule has 24 heavy (non-hydrogen) atoms. The van der Waals surface area contributed by atoms with E-state index in [9.17, 15) is 14.7 Å². The number of hydrogen-bond acceptors (Lipinski definition) is 4. The average molecular weight is 340 g/mol. The number of anilines is 1. The van der Waals surface area contributed by atoms with E-state index in [1.165, 1.54) is 11.8 Å². The molecule has 2 aromatic carbocycles. The Kier molecular flexibility index (Phi) is 4.66. The first-order chi connectivity index (χ1) is 11.5. The highest BCUT2D eigenvalue weighted by molar-refractivity contribution is 8.16. The Morgan fingerprint density at radius 3 is 2.62 bits per heavy atom. The van der Waals surface area contributed by atoms with Gasteiger partial charge >= 0.3 is 0 Å². The normalized spacial score (nSPS) is 16.8. The standard InChI is InChI=1S/C18H16N2O3S/c1-11-4-2-3-5-14(11)19-16(22)10-15-17(23)20-18(24-15)12-6-8-13(21)9-7-12/h2-9,15,21H,10H2,1H3,(H,19,22)/t15-/m0/s1. The van der Waals surface area contributed by atoms with E-state index < -0.39 is 5.25 Å². The van der Waals surface area contributed by atoms with Crippen LogP contribution in [0.1, 0.15) is 17.5 Å². The SMILES string of the molecule is Cc1ccccc1NC(=O)C[C@@H]1SC(c2ccc(O)cc2)=NC1=O. The molecule has 0 bridgehead atoms. The predicted octanol–water partition coefficient (Wildman–Crippen LogP) is 3.12. The van der Waals surface area contributed by atoms with Crippen LogP contribution in [0.4, 0.5) is 5.69 Å². The van der Waals surface area contributed by atoms with Crippen LogP contribution < -0.4 is 5.32 Å². The van der Waals surface area contributed by atoms with Gasteiger partial charge in [-0.1, -0.05) is 30.0 Å². The summed E-state index contributed by atoms with van der Waals surface area (Å²) in [5.74, 6) is -0.358. The van der Waals surface area contributed by atoms with Crippen LogP contribution in [0.25, 0.3) is 0 Å². The van der Waals surface area contributed by atoms with E-state index in [0.717, 1.165) is 16.8 Å². The molecule has 0 spiro atoms. The van der Waals surface area contributed by atoms with Crippen LogP contribution in [0.2, 0.25) is 0 Å². The van der Waals surface area contributed by atoms with Gasteiger partial charge in [0.25, 0.3) is 5.91 Å². The molecule has 0 radical (unpaired) electrons. The molecule has 1 aliphatic heterocycles. The van der Waals surface area contributed by atoms with Gasteiger partial charge in [-0.2, -0.15) is 0 Å². The zero-order valence-corrected chi connectivity index (χ0v) is 13.8. The van der Waals surface area contributed by atoms with Gasteiger partial charge in [0.05, 0.1) is 0 Å². The quantitative estimate of drug-likeness (QED) is 0.896. The van der Waals surface area contributed by atoms with E-state index in [1.54, 1.807) is 24.3 Å². The van der Waals surface area contributed by atoms with Crippen molar-refractivity contribution >= 4 is 34.3 Å². The summed E-state index contributed by atoms with van der Waals surface area (Å²) < 4.78 is 0. The lowest BCUT2D eigenvalue weighted by Gasteiger charge is -2.10. The van der Waals surface area contributed by atoms with Crippen molar-refractivity contribution in [3.63, 3.8) is 0 Å². The van der Waals surface area contributed by atoms with Crippen molar-refractivity contribution in [1.82, 2.24) is 0 Å². The molecule has 2 aromatic rings. The summed E-state index contributed by atoms with van der Waals surface area (Å²) in [6.07, 6.45) is 0.0723. The Labute approximate surface area is 143 Å². The number of carbonyl (C=O) groups excluding carboxylic acids is 2. The Balaban J connectivity index is 1.63. The average Bonchev–Trinajstić information content (AvgIpc) is 2.91. The van der Waals surface area contributed by atoms with Crippen molar-refractivity contribution in [3.05, 3.63) is 59.7 Å². The number of phenols is 1. The summed E-state index contributed by atoms with van der Waals surface area (Å²) >= 11 is 1.28. The van der Waals surface area contributed by atoms with Crippen molar-refractivity contribution in [1.29, 1.82) is 0 Å². The number of aromatic hydroxyl groups is 1. The Morgan fingerprint density at radius 2 is 1.92 bits per heavy atom. The van der Waals surface area contributed by atoms with Crippen LogP contribution in [-0.4, -0.2) is 27.2 Å². The van der Waals surface area contributed by atoms with Crippen molar-refractivity contribution in [3.8, 4) is 5.75 Å². The number of carbonyl (C=O) groups is 2. The number of nitrogens with one attached hydrogen (secondary N) is 1. The monoisotopic (exact) mass is 340 g/mol. The first kappa shape index (κ1) is 16.3. The smallest absolute Gasteiger partial charge is 0.260 e. The zero-order valence-electron chi connectivity index (χ0n) is 13.0. The lowest BCUT2D eigenvalue weighted by molar-refractivity contribution is -0.121. The summed E-state index contributed by atoms with van der Waals surface area (Å²) in [4.78, 5) is 28.3. The van der Waals surface area contributed by atoms with Gasteiger partial charge in [-0.3, -0.25) is 9.59 Å². The van der Waals surface area contributed by atoms with Crippen LogP contribution in [0.3, 0.4) is 0 Å². The maximum atomic E-state index is 12.2. The number of benzene rings is 2. The topological polar surface area (TPSA) is 78.8 Å². The lowest BCUT2D eigenvalue weighted by atomic mass is 10.2. The van der Waals surface area contributed by atoms with E-state index in [2.05, 4.69) is 10.3 Å². The van der Waals surface area contributed by atoms with Crippen molar-refractivity contribution in [2.45, 2.75) is 18.6 Å². The Bertz CT molecular complexity index is 815. The van der Waals surface area contributed by atoms with Gasteiger partial charge in [0.2, 0.25) is 5.91 Å². The summed E-state index contributed by atoms with van der Waals surface area (Å²) in [7, 11) is 0. The Morgan fingerprint density at radius 1 is 1.21 bits per heavy atom. The molecule has 0 saturated heterocycles. The summed E-state index contributed by atoms with van der Waals surface area (Å²) in [5, 5.41) is 12.2. The molecule has 1 heterocycles. The van der Waals surface area contributed by atoms with Crippen molar-refractivity contribution in [2.24, 2.45) is 4.99 Å². The van der Waals surface area contributed by atoms with Gasteiger partial charge in [-0.05, 0) is 42.8 Å². The summed E-state index contributed by atoms with van der Waals surface area (Å²) in [6, 6.07) is 14.0. The zero-order chi connectivity index (χ0) is 17.1. The van der Waals surface area contributed by atoms with Gasteiger partial charge in [0, 0.05) is 17.7 Å². The van der Waals surface area contributed by atoms with Crippen molar-refractivity contribution < 1.29 is 14.7 Å². The number of aliphatic imine (C=N–C) groups is 1. The number of phenolic OH excluding ortho intramolecular Hbond substituents is 1. The van der Waals surface area contributed by atoms with E-state index in [1.807, 2.05) is 31.2 Å². The number of amides is 2. The maximum Gasteiger partial charge on any atom is 0.260 e. The van der Waals surface area contributed by atoms with Crippen LogP contribution >= 0.6 is 11.8 Å². The van der Waals surface area contributed by atoms with Crippen molar-refractivity contribution in [2.75, 3.05) is 5.32 Å². The molecule has 6 heteroatoms. The van der Waals surface area contributed by atoms with E-state index in [0.29, 0.717) is 5.04 Å². The summed E-state index contributed by atoms with van der Waals surface area (Å²) in [6.45, 7) is 1.91. The third-order valence-corrected chi connectivity index (χ3v) is 4.85. The minimum absolute atomic E-state index is 0.0723. The number of nitrogens with zero attached hydrogens (tertiary/aromatic N) is 1. The van der Waals surface area contributed by atoms with Crippen LogP contribution in [0.15, 0.2) is 53.5 Å². The third-order valence-electron chi connectivity index (χ3n) is 3.65. The molecule has 0 fully saturated rings. The van der Waals surface area contributed by atoms with Gasteiger partial charge in [0.15, 0.2) is 0 Å². The highest BCUT2D eigenvalue weighted by atomic mass is 32.2. The van der Waals surface area contributed by atoms with Gasteiger partial charge in [0.1, 0.15) is 16.0 Å². The first-order valence-electron chi connectivity index (χ1n) is 7.47. The Hall–Kier alpha value is -2.60. The maximum absolute atomic E-state index is 12.2. The molecule has 3 rings (SSSR count). The van der Waals surface area contributed by atoms with E-state index in [-0.39, 0.29) is 24.0 Å². The highest BCUT2D eigenvalue weighted by Gasteiger charge is 2.31. The van der Waals surface area contributed by atoms with Crippen LogP contribution in [-0.2, 0) is 9.59 Å². The molecule has 1 aliphatic rings. The molecule has 0 aromatic heterocycles. The molecule has 5 nitrogen and oxygen atoms in total. The molecule has 122 valence electrons. The second-order valence-corrected chi connectivity index (χ2v) is 6.67. The number of thioether (sulfide) groups is 1. The van der Waals surface area contributed by atoms with Crippen LogP contribution in [0, 0.1) is 6.92 Å². The largest absolute Gasteiger partial charge is 0.508 e. The number of para-hydroxylation sites is 1. The first-order valence-corrected chi connectivity index (χ1v) is 8.35. The minimum atomic E-state index is -0.516. The van der Waals surface area contributed by atoms with Gasteiger partial charge < -0.3 is 10.4 Å². The molecule has 0 unspecified atom stereocenters. The lowest BCUT2D eigenvalue weighted by Crippen LogP contribution is -2.21. The van der Waals surface area contributed by atoms with Gasteiger partial charge in [-0.15, -0.1) is 0 Å². The third kappa shape index (κ3) is 3.65. The fourth-order valence-corrected chi connectivity index (χ4v) is 3.40. The molecular formula is C18H16N2O3S. The predicted molar refractivity (Wildman–Crippen MR) is 95.5 cm³/mol. The molecule has 2 amide bonds. The second-order valence-electron chi connectivity index (χ2n) is 5.48. The van der Waals surface area contributed by atoms with Crippen LogP contribution in [0.5, 0.6) is 5.75 Å². The molecule has 1 atom stereocenters. The number of rotatable bonds is 4. The molecule has 0 aliphatic carbocycles. The van der Waals surface area contributed by atoms with E-state index >= 15 is 0 Å². The minimum Gasteiger partial charge on any atom is -0.508 e. The molecule has 2 N–H and O–H groups in total. The highest BCUT2D eigenvalue weighted by Crippen LogP contribution is 2.30. The number of aryl methyl sites for hydroxylation is 1. The fraction of sp³-hybridized carbons (Fsp3) is 0.167. The van der Waals surface area contributed by atoms with E-state index in [4.69, 9.17) is 0 Å². The number of hydrogen-bond donors (Lipinski definition) is 2.